The Hall–Kier alpha value is -2.60. The van der Waals surface area contributed by atoms with E-state index in [9.17, 15) is 14.0 Å². The van der Waals surface area contributed by atoms with Crippen molar-refractivity contribution < 1.29 is 23.8 Å². The van der Waals surface area contributed by atoms with E-state index in [0.29, 0.717) is 11.3 Å². The molecule has 0 spiro atoms. The van der Waals surface area contributed by atoms with Crippen LogP contribution < -0.4 is 10.1 Å². The number of anilines is 1. The van der Waals surface area contributed by atoms with Crippen LogP contribution in [0.1, 0.15) is 26.3 Å². The smallest absolute Gasteiger partial charge is 0.338 e. The molecule has 23 heavy (non-hydrogen) atoms. The molecule has 0 aromatic heterocycles. The summed E-state index contributed by atoms with van der Waals surface area (Å²) in [6.45, 7) is 1.74. The number of hydrogen-bond donors (Lipinski definition) is 2. The predicted molar refractivity (Wildman–Crippen MR) is 84.1 cm³/mol. The minimum Gasteiger partial charge on any atom is -0.495 e. The third kappa shape index (κ3) is 3.60. The average Bonchev–Trinajstić information content (AvgIpc) is 2.46. The molecule has 7 heteroatoms. The van der Waals surface area contributed by atoms with Gasteiger partial charge in [-0.2, -0.15) is 0 Å². The molecule has 0 radical (unpaired) electrons. The number of methoxy groups -OCH3 is 1. The van der Waals surface area contributed by atoms with Crippen molar-refractivity contribution >= 4 is 29.2 Å². The molecule has 0 unspecified atom stereocenters. The van der Waals surface area contributed by atoms with Gasteiger partial charge in [0.05, 0.1) is 17.7 Å². The van der Waals surface area contributed by atoms with E-state index >= 15 is 0 Å². The second-order valence-corrected chi connectivity index (χ2v) is 5.17. The van der Waals surface area contributed by atoms with E-state index in [-0.39, 0.29) is 16.3 Å². The molecule has 0 atom stereocenters. The fraction of sp³-hybridized carbons (Fsp3) is 0.125. The lowest BCUT2D eigenvalue weighted by Gasteiger charge is -2.11. The van der Waals surface area contributed by atoms with Crippen molar-refractivity contribution in [2.45, 2.75) is 6.92 Å². The van der Waals surface area contributed by atoms with Crippen LogP contribution in [0.4, 0.5) is 10.1 Å². The molecule has 0 aliphatic rings. The number of aromatic carboxylic acids is 1. The van der Waals surface area contributed by atoms with Crippen molar-refractivity contribution in [3.63, 3.8) is 0 Å². The molecule has 0 aliphatic heterocycles. The maximum atomic E-state index is 13.6. The molecule has 2 aromatic rings. The van der Waals surface area contributed by atoms with Gasteiger partial charge in [0, 0.05) is 11.3 Å². The standard InChI is InChI=1S/C16H13ClFNO4/c1-8-5-9(6-12(17)14(8)23-2)15(20)19-10-3-4-11(16(21)22)13(18)7-10/h3-7H,1-2H3,(H,19,20)(H,21,22). The summed E-state index contributed by atoms with van der Waals surface area (Å²) in [4.78, 5) is 23.0. The molecular weight excluding hydrogens is 325 g/mol. The van der Waals surface area contributed by atoms with Crippen LogP contribution >= 0.6 is 11.6 Å². The van der Waals surface area contributed by atoms with Gasteiger partial charge in [0.25, 0.3) is 5.91 Å². The molecule has 5 nitrogen and oxygen atoms in total. The van der Waals surface area contributed by atoms with Gasteiger partial charge in [-0.1, -0.05) is 11.6 Å². The number of carboxylic acid groups (broad SMARTS) is 1. The van der Waals surface area contributed by atoms with Crippen LogP contribution in [0.15, 0.2) is 30.3 Å². The van der Waals surface area contributed by atoms with Crippen LogP contribution in [0.25, 0.3) is 0 Å². The molecular formula is C16H13ClFNO4. The lowest BCUT2D eigenvalue weighted by Crippen LogP contribution is -2.13. The Bertz CT molecular complexity index is 769. The van der Waals surface area contributed by atoms with Gasteiger partial charge in [0.2, 0.25) is 0 Å². The van der Waals surface area contributed by atoms with Crippen LogP contribution in [0.2, 0.25) is 5.02 Å². The first-order valence-electron chi connectivity index (χ1n) is 6.51. The molecule has 0 fully saturated rings. The number of benzene rings is 2. The van der Waals surface area contributed by atoms with E-state index in [4.69, 9.17) is 21.4 Å². The highest BCUT2D eigenvalue weighted by Crippen LogP contribution is 2.29. The van der Waals surface area contributed by atoms with Crippen LogP contribution in [0.3, 0.4) is 0 Å². The Morgan fingerprint density at radius 1 is 1.26 bits per heavy atom. The van der Waals surface area contributed by atoms with Crippen molar-refractivity contribution in [2.75, 3.05) is 12.4 Å². The molecule has 0 heterocycles. The molecule has 2 aromatic carbocycles. The van der Waals surface area contributed by atoms with Crippen molar-refractivity contribution in [3.8, 4) is 5.75 Å². The van der Waals surface area contributed by atoms with Gasteiger partial charge in [-0.15, -0.1) is 0 Å². The highest BCUT2D eigenvalue weighted by molar-refractivity contribution is 6.32. The number of halogens is 2. The second kappa shape index (κ2) is 6.66. The molecule has 1 amide bonds. The highest BCUT2D eigenvalue weighted by Gasteiger charge is 2.15. The van der Waals surface area contributed by atoms with Gasteiger partial charge >= 0.3 is 5.97 Å². The van der Waals surface area contributed by atoms with Crippen LogP contribution in [0, 0.1) is 12.7 Å². The van der Waals surface area contributed by atoms with Gasteiger partial charge in [0.15, 0.2) is 0 Å². The molecule has 0 aliphatic carbocycles. The number of ether oxygens (including phenoxy) is 1. The highest BCUT2D eigenvalue weighted by atomic mass is 35.5. The Morgan fingerprint density at radius 3 is 2.48 bits per heavy atom. The van der Waals surface area contributed by atoms with Crippen LogP contribution in [-0.2, 0) is 0 Å². The van der Waals surface area contributed by atoms with E-state index < -0.39 is 23.3 Å². The summed E-state index contributed by atoms with van der Waals surface area (Å²) in [5, 5.41) is 11.5. The number of nitrogens with one attached hydrogen (secondary N) is 1. The fourth-order valence-electron chi connectivity index (χ4n) is 2.09. The number of carbonyl (C=O) groups is 2. The zero-order chi connectivity index (χ0) is 17.1. The number of aryl methyl sites for hydroxylation is 1. The minimum absolute atomic E-state index is 0.141. The second-order valence-electron chi connectivity index (χ2n) is 4.76. The van der Waals surface area contributed by atoms with Crippen molar-refractivity contribution in [1.82, 2.24) is 0 Å². The summed E-state index contributed by atoms with van der Waals surface area (Å²) in [5.41, 5.74) is 0.627. The summed E-state index contributed by atoms with van der Waals surface area (Å²) in [5.74, 6) is -2.34. The third-order valence-corrected chi connectivity index (χ3v) is 3.43. The first-order valence-corrected chi connectivity index (χ1v) is 6.89. The Balaban J connectivity index is 2.26. The summed E-state index contributed by atoms with van der Waals surface area (Å²) >= 11 is 6.03. The van der Waals surface area contributed by atoms with Gasteiger partial charge in [0.1, 0.15) is 11.6 Å². The van der Waals surface area contributed by atoms with Gasteiger partial charge in [-0.25, -0.2) is 9.18 Å². The summed E-state index contributed by atoms with van der Waals surface area (Å²) in [6.07, 6.45) is 0. The maximum absolute atomic E-state index is 13.6. The fourth-order valence-corrected chi connectivity index (χ4v) is 2.43. The summed E-state index contributed by atoms with van der Waals surface area (Å²) < 4.78 is 18.7. The SMILES string of the molecule is COc1c(C)cc(C(=O)Nc2ccc(C(=O)O)c(F)c2)cc1Cl. The molecule has 0 saturated carbocycles. The summed E-state index contributed by atoms with van der Waals surface area (Å²) in [6, 6.07) is 6.36. The number of amides is 1. The Kier molecular flexibility index (Phi) is 4.86. The van der Waals surface area contributed by atoms with E-state index in [0.717, 1.165) is 12.1 Å². The average molecular weight is 338 g/mol. The quantitative estimate of drug-likeness (QED) is 0.891. The van der Waals surface area contributed by atoms with Crippen molar-refractivity contribution in [3.05, 3.63) is 57.9 Å². The first-order chi connectivity index (χ1) is 10.8. The van der Waals surface area contributed by atoms with Gasteiger partial charge in [-0.05, 0) is 42.8 Å². The maximum Gasteiger partial charge on any atom is 0.338 e. The minimum atomic E-state index is -1.38. The third-order valence-electron chi connectivity index (χ3n) is 3.15. The van der Waals surface area contributed by atoms with Crippen molar-refractivity contribution in [2.24, 2.45) is 0 Å². The van der Waals surface area contributed by atoms with Gasteiger partial charge in [-0.3, -0.25) is 4.79 Å². The Labute approximate surface area is 136 Å². The molecule has 2 rings (SSSR count). The molecule has 120 valence electrons. The van der Waals surface area contributed by atoms with Crippen LogP contribution in [-0.4, -0.2) is 24.1 Å². The molecule has 0 bridgehead atoms. The molecule has 0 saturated heterocycles. The molecule has 2 N–H and O–H groups in total. The van der Waals surface area contributed by atoms with Crippen molar-refractivity contribution in [1.29, 1.82) is 0 Å². The topological polar surface area (TPSA) is 75.6 Å². The van der Waals surface area contributed by atoms with E-state index in [1.54, 1.807) is 13.0 Å². The number of carboxylic acids is 1. The Morgan fingerprint density at radius 2 is 1.96 bits per heavy atom. The summed E-state index contributed by atoms with van der Waals surface area (Å²) in [7, 11) is 1.47. The normalized spacial score (nSPS) is 10.3. The zero-order valence-corrected chi connectivity index (χ0v) is 13.1. The zero-order valence-electron chi connectivity index (χ0n) is 12.3. The lowest BCUT2D eigenvalue weighted by atomic mass is 10.1. The van der Waals surface area contributed by atoms with E-state index in [1.807, 2.05) is 0 Å². The number of carbonyl (C=O) groups excluding carboxylic acids is 1. The van der Waals surface area contributed by atoms with Crippen LogP contribution in [0.5, 0.6) is 5.75 Å². The monoisotopic (exact) mass is 337 g/mol. The first kappa shape index (κ1) is 16.8. The largest absolute Gasteiger partial charge is 0.495 e. The van der Waals surface area contributed by atoms with E-state index in [2.05, 4.69) is 5.32 Å². The van der Waals surface area contributed by atoms with Gasteiger partial charge < -0.3 is 15.2 Å². The number of hydrogen-bond acceptors (Lipinski definition) is 3. The number of rotatable bonds is 4. The lowest BCUT2D eigenvalue weighted by molar-refractivity contribution is 0.0692. The van der Waals surface area contributed by atoms with E-state index in [1.165, 1.54) is 19.2 Å². The predicted octanol–water partition coefficient (Wildman–Crippen LogP) is 3.75.